The van der Waals surface area contributed by atoms with Crippen LogP contribution in [0, 0.1) is 0 Å². The number of rotatable bonds is 4. The van der Waals surface area contributed by atoms with E-state index in [1.165, 1.54) is 0 Å². The van der Waals surface area contributed by atoms with Crippen LogP contribution in [0.1, 0.15) is 5.56 Å². The molecule has 0 fully saturated rings. The third-order valence-corrected chi connectivity index (χ3v) is 1.76. The van der Waals surface area contributed by atoms with Crippen LogP contribution in [-0.2, 0) is 11.2 Å². The summed E-state index contributed by atoms with van der Waals surface area (Å²) < 4.78 is 4.97. The fraction of sp³-hybridized carbons (Fsp3) is 0.300. The van der Waals surface area contributed by atoms with Gasteiger partial charge >= 0.3 is 0 Å². The van der Waals surface area contributed by atoms with Gasteiger partial charge in [0.2, 0.25) is 0 Å². The molecule has 13 heavy (non-hydrogen) atoms. The Bertz CT molecular complexity index is 266. The lowest BCUT2D eigenvalue weighted by Crippen LogP contribution is -2.11. The number of ether oxygens (including phenoxy) is 1. The van der Waals surface area contributed by atoms with Gasteiger partial charge in [0.1, 0.15) is 18.1 Å². The van der Waals surface area contributed by atoms with Crippen molar-refractivity contribution in [2.24, 2.45) is 0 Å². The highest BCUT2D eigenvalue weighted by atomic mass is 16.5. The molecule has 70 valence electrons. The van der Waals surface area contributed by atoms with E-state index in [9.17, 15) is 4.79 Å². The Hall–Kier alpha value is -1.35. The van der Waals surface area contributed by atoms with Gasteiger partial charge in [0, 0.05) is 6.42 Å². The number of methoxy groups -OCH3 is 1. The lowest BCUT2D eigenvalue weighted by molar-refractivity contribution is -0.114. The van der Waals surface area contributed by atoms with E-state index < -0.39 is 6.10 Å². The van der Waals surface area contributed by atoms with Crippen LogP contribution in [0.15, 0.2) is 24.3 Å². The summed E-state index contributed by atoms with van der Waals surface area (Å²) in [6.45, 7) is 0. The molecule has 1 N–H and O–H groups in total. The van der Waals surface area contributed by atoms with Crippen LogP contribution >= 0.6 is 0 Å². The summed E-state index contributed by atoms with van der Waals surface area (Å²) in [5.74, 6) is 0.768. The van der Waals surface area contributed by atoms with E-state index in [-0.39, 0.29) is 0 Å². The van der Waals surface area contributed by atoms with E-state index in [2.05, 4.69) is 0 Å². The third-order valence-electron chi connectivity index (χ3n) is 1.76. The third kappa shape index (κ3) is 2.87. The lowest BCUT2D eigenvalue weighted by atomic mass is 10.1. The second-order valence-electron chi connectivity index (χ2n) is 2.76. The number of carbonyl (C=O) groups is 1. The average Bonchev–Trinajstić information content (AvgIpc) is 2.19. The second-order valence-corrected chi connectivity index (χ2v) is 2.76. The first kappa shape index (κ1) is 9.74. The van der Waals surface area contributed by atoms with E-state index >= 15 is 0 Å². The van der Waals surface area contributed by atoms with Gasteiger partial charge in [-0.3, -0.25) is 0 Å². The largest absolute Gasteiger partial charge is 0.497 e. The normalized spacial score (nSPS) is 12.2. The molecule has 0 radical (unpaired) electrons. The quantitative estimate of drug-likeness (QED) is 0.697. The molecule has 0 saturated heterocycles. The molecular formula is C10H12O3. The van der Waals surface area contributed by atoms with Crippen molar-refractivity contribution in [3.05, 3.63) is 29.8 Å². The Morgan fingerprint density at radius 2 is 2.08 bits per heavy atom. The van der Waals surface area contributed by atoms with Crippen LogP contribution in [0.2, 0.25) is 0 Å². The maximum atomic E-state index is 10.2. The zero-order valence-electron chi connectivity index (χ0n) is 7.43. The number of hydrogen-bond donors (Lipinski definition) is 1. The van der Waals surface area contributed by atoms with Crippen LogP contribution < -0.4 is 4.74 Å². The molecule has 0 aliphatic heterocycles. The van der Waals surface area contributed by atoms with E-state index in [1.54, 1.807) is 19.2 Å². The number of aldehydes is 1. The van der Waals surface area contributed by atoms with Crippen molar-refractivity contribution in [1.82, 2.24) is 0 Å². The molecular weight excluding hydrogens is 168 g/mol. The van der Waals surface area contributed by atoms with E-state index in [1.807, 2.05) is 12.1 Å². The van der Waals surface area contributed by atoms with E-state index in [0.29, 0.717) is 12.7 Å². The topological polar surface area (TPSA) is 46.5 Å². The first-order chi connectivity index (χ1) is 6.26. The minimum Gasteiger partial charge on any atom is -0.497 e. The molecule has 1 unspecified atom stereocenters. The van der Waals surface area contributed by atoms with Gasteiger partial charge < -0.3 is 14.6 Å². The van der Waals surface area contributed by atoms with Crippen molar-refractivity contribution in [2.45, 2.75) is 12.5 Å². The molecule has 0 amide bonds. The number of aliphatic hydroxyl groups is 1. The molecule has 3 heteroatoms. The monoisotopic (exact) mass is 180 g/mol. The molecule has 0 saturated carbocycles. The molecule has 0 aliphatic rings. The molecule has 1 rings (SSSR count). The smallest absolute Gasteiger partial charge is 0.148 e. The fourth-order valence-electron chi connectivity index (χ4n) is 1.05. The van der Waals surface area contributed by atoms with Crippen LogP contribution in [0.5, 0.6) is 5.75 Å². The maximum Gasteiger partial charge on any atom is 0.148 e. The van der Waals surface area contributed by atoms with Crippen molar-refractivity contribution < 1.29 is 14.6 Å². The zero-order valence-corrected chi connectivity index (χ0v) is 7.43. The first-order valence-corrected chi connectivity index (χ1v) is 4.02. The number of carbonyl (C=O) groups excluding carboxylic acids is 1. The summed E-state index contributed by atoms with van der Waals surface area (Å²) >= 11 is 0. The van der Waals surface area contributed by atoms with Crippen LogP contribution in [0.3, 0.4) is 0 Å². The number of aliphatic hydroxyl groups excluding tert-OH is 1. The molecule has 0 bridgehead atoms. The summed E-state index contributed by atoms with van der Waals surface area (Å²) in [7, 11) is 1.59. The minimum atomic E-state index is -0.909. The predicted octanol–water partition coefficient (Wildman–Crippen LogP) is 0.797. The van der Waals surface area contributed by atoms with E-state index in [0.717, 1.165) is 11.3 Å². The first-order valence-electron chi connectivity index (χ1n) is 4.02. The molecule has 1 aromatic carbocycles. The molecule has 0 spiro atoms. The second kappa shape index (κ2) is 4.62. The summed E-state index contributed by atoms with van der Waals surface area (Å²) in [4.78, 5) is 10.2. The minimum absolute atomic E-state index is 0.355. The highest BCUT2D eigenvalue weighted by Gasteiger charge is 2.02. The van der Waals surface area contributed by atoms with Gasteiger partial charge in [-0.25, -0.2) is 0 Å². The van der Waals surface area contributed by atoms with E-state index in [4.69, 9.17) is 9.84 Å². The van der Waals surface area contributed by atoms with Gasteiger partial charge in [-0.1, -0.05) is 12.1 Å². The Morgan fingerprint density at radius 3 is 2.54 bits per heavy atom. The summed E-state index contributed by atoms with van der Waals surface area (Å²) in [5.41, 5.74) is 0.917. The molecule has 1 atom stereocenters. The van der Waals surface area contributed by atoms with Crippen LogP contribution in [0.4, 0.5) is 0 Å². The number of benzene rings is 1. The van der Waals surface area contributed by atoms with Crippen molar-refractivity contribution in [3.8, 4) is 5.75 Å². The van der Waals surface area contributed by atoms with Gasteiger partial charge in [0.05, 0.1) is 7.11 Å². The van der Waals surface area contributed by atoms with Crippen molar-refractivity contribution in [2.75, 3.05) is 7.11 Å². The van der Waals surface area contributed by atoms with Gasteiger partial charge in [0.25, 0.3) is 0 Å². The summed E-state index contributed by atoms with van der Waals surface area (Å²) in [5, 5.41) is 9.04. The Labute approximate surface area is 77.0 Å². The van der Waals surface area contributed by atoms with Crippen LogP contribution in [0.25, 0.3) is 0 Å². The lowest BCUT2D eigenvalue weighted by Gasteiger charge is -2.04. The van der Waals surface area contributed by atoms with Crippen LogP contribution in [-0.4, -0.2) is 24.6 Å². The van der Waals surface area contributed by atoms with Gasteiger partial charge in [-0.05, 0) is 17.7 Å². The SMILES string of the molecule is COc1ccc(CC(O)C=O)cc1. The average molecular weight is 180 g/mol. The van der Waals surface area contributed by atoms with Crippen molar-refractivity contribution >= 4 is 6.29 Å². The molecule has 1 aromatic rings. The Kier molecular flexibility index (Phi) is 3.46. The molecule has 0 aliphatic carbocycles. The summed E-state index contributed by atoms with van der Waals surface area (Å²) in [6.07, 6.45) is -0.0223. The molecule has 0 heterocycles. The summed E-state index contributed by atoms with van der Waals surface area (Å²) in [6, 6.07) is 7.25. The standard InChI is InChI=1S/C10H12O3/c1-13-10-4-2-8(3-5-10)6-9(12)7-11/h2-5,7,9,12H,6H2,1H3. The Morgan fingerprint density at radius 1 is 1.46 bits per heavy atom. The molecule has 0 aromatic heterocycles. The fourth-order valence-corrected chi connectivity index (χ4v) is 1.05. The highest BCUT2D eigenvalue weighted by molar-refractivity contribution is 5.56. The zero-order chi connectivity index (χ0) is 9.68. The van der Waals surface area contributed by atoms with Gasteiger partial charge in [0.15, 0.2) is 0 Å². The highest BCUT2D eigenvalue weighted by Crippen LogP contribution is 2.12. The molecule has 3 nitrogen and oxygen atoms in total. The van der Waals surface area contributed by atoms with Gasteiger partial charge in [-0.2, -0.15) is 0 Å². The predicted molar refractivity (Wildman–Crippen MR) is 48.8 cm³/mol. The van der Waals surface area contributed by atoms with Crippen molar-refractivity contribution in [3.63, 3.8) is 0 Å². The van der Waals surface area contributed by atoms with Gasteiger partial charge in [-0.15, -0.1) is 0 Å². The number of hydrogen-bond acceptors (Lipinski definition) is 3. The maximum absolute atomic E-state index is 10.2. The van der Waals surface area contributed by atoms with Crippen molar-refractivity contribution in [1.29, 1.82) is 0 Å². The Balaban J connectivity index is 2.63.